The molecule has 0 radical (unpaired) electrons. The lowest BCUT2D eigenvalue weighted by Crippen LogP contribution is -2.32. The van der Waals surface area contributed by atoms with Crippen LogP contribution in [-0.2, 0) is 11.3 Å². The maximum Gasteiger partial charge on any atom is 0.234 e. The van der Waals surface area contributed by atoms with Gasteiger partial charge in [0.2, 0.25) is 5.91 Å². The molecule has 0 aliphatic heterocycles. The molecular formula is C18H31N3O2. The Morgan fingerprint density at radius 2 is 1.78 bits per heavy atom. The first-order chi connectivity index (χ1) is 11.0. The Bertz CT molecular complexity index is 442. The summed E-state index contributed by atoms with van der Waals surface area (Å²) in [4.78, 5) is 15.8. The zero-order valence-electron chi connectivity index (χ0n) is 15.0. The minimum atomic E-state index is 0.0340. The number of ether oxygens (including phenoxy) is 1. The molecule has 0 aliphatic carbocycles. The van der Waals surface area contributed by atoms with Crippen molar-refractivity contribution in [1.82, 2.24) is 15.1 Å². The summed E-state index contributed by atoms with van der Waals surface area (Å²) < 4.78 is 5.76. The number of nitrogens with zero attached hydrogens (tertiary/aromatic N) is 2. The molecular weight excluding hydrogens is 290 g/mol. The number of likely N-dealkylation sites (N-methyl/N-ethyl adjacent to an activating group) is 1. The van der Waals surface area contributed by atoms with Crippen LogP contribution in [0.3, 0.4) is 0 Å². The van der Waals surface area contributed by atoms with Crippen molar-refractivity contribution in [3.05, 3.63) is 29.8 Å². The first kappa shape index (κ1) is 19.5. The van der Waals surface area contributed by atoms with Gasteiger partial charge in [0.15, 0.2) is 0 Å². The van der Waals surface area contributed by atoms with Gasteiger partial charge in [-0.25, -0.2) is 0 Å². The minimum absolute atomic E-state index is 0.0340. The van der Waals surface area contributed by atoms with E-state index in [1.165, 1.54) is 0 Å². The highest BCUT2D eigenvalue weighted by molar-refractivity contribution is 5.77. The lowest BCUT2D eigenvalue weighted by Gasteiger charge is -2.17. The summed E-state index contributed by atoms with van der Waals surface area (Å²) in [7, 11) is 3.76. The molecule has 0 aliphatic rings. The van der Waals surface area contributed by atoms with E-state index in [1.54, 1.807) is 0 Å². The van der Waals surface area contributed by atoms with Crippen LogP contribution in [0, 0.1) is 0 Å². The second-order valence-corrected chi connectivity index (χ2v) is 5.89. The third-order valence-corrected chi connectivity index (χ3v) is 3.65. The highest BCUT2D eigenvalue weighted by Crippen LogP contribution is 2.12. The van der Waals surface area contributed by atoms with Crippen LogP contribution in [0.4, 0.5) is 0 Å². The van der Waals surface area contributed by atoms with Crippen LogP contribution >= 0.6 is 0 Å². The molecule has 23 heavy (non-hydrogen) atoms. The molecule has 0 aromatic heterocycles. The number of hydrogen-bond donors (Lipinski definition) is 1. The molecule has 1 amide bonds. The smallest absolute Gasteiger partial charge is 0.234 e. The summed E-state index contributed by atoms with van der Waals surface area (Å²) in [6.45, 7) is 9.30. The first-order valence-electron chi connectivity index (χ1n) is 8.40. The van der Waals surface area contributed by atoms with E-state index in [-0.39, 0.29) is 5.91 Å². The number of hydrogen-bond acceptors (Lipinski definition) is 4. The van der Waals surface area contributed by atoms with Gasteiger partial charge in [-0.2, -0.15) is 0 Å². The van der Waals surface area contributed by atoms with Crippen molar-refractivity contribution in [2.45, 2.75) is 26.8 Å². The van der Waals surface area contributed by atoms with Gasteiger partial charge in [-0.3, -0.25) is 4.79 Å². The topological polar surface area (TPSA) is 44.8 Å². The standard InChI is InChI=1S/C18H31N3O2/c1-5-21(6-2)12-7-13-23-17-10-8-16(9-11-17)14-19-18(22)15-20(3)4/h8-11H,5-7,12-15H2,1-4H3,(H,19,22). The first-order valence-corrected chi connectivity index (χ1v) is 8.40. The van der Waals surface area contributed by atoms with Crippen molar-refractivity contribution < 1.29 is 9.53 Å². The normalized spacial score (nSPS) is 11.0. The Labute approximate surface area is 140 Å². The van der Waals surface area contributed by atoms with Gasteiger partial charge in [-0.1, -0.05) is 26.0 Å². The number of nitrogens with one attached hydrogen (secondary N) is 1. The molecule has 0 heterocycles. The van der Waals surface area contributed by atoms with E-state index in [1.807, 2.05) is 43.3 Å². The molecule has 5 heteroatoms. The maximum absolute atomic E-state index is 11.6. The summed E-state index contributed by atoms with van der Waals surface area (Å²) >= 11 is 0. The number of amides is 1. The molecule has 0 atom stereocenters. The third kappa shape index (κ3) is 8.57. The Hall–Kier alpha value is -1.59. The average Bonchev–Trinajstić information content (AvgIpc) is 2.53. The van der Waals surface area contributed by atoms with E-state index in [0.717, 1.165) is 44.0 Å². The van der Waals surface area contributed by atoms with Gasteiger partial charge in [0.05, 0.1) is 13.2 Å². The van der Waals surface area contributed by atoms with Crippen LogP contribution in [0.5, 0.6) is 5.75 Å². The fraction of sp³-hybridized carbons (Fsp3) is 0.611. The molecule has 5 nitrogen and oxygen atoms in total. The van der Waals surface area contributed by atoms with E-state index in [2.05, 4.69) is 24.1 Å². The molecule has 130 valence electrons. The van der Waals surface area contributed by atoms with Crippen LogP contribution in [0.1, 0.15) is 25.8 Å². The molecule has 1 aromatic carbocycles. The van der Waals surface area contributed by atoms with E-state index in [0.29, 0.717) is 13.1 Å². The van der Waals surface area contributed by atoms with Gasteiger partial charge in [-0.15, -0.1) is 0 Å². The number of carbonyl (C=O) groups is 1. The summed E-state index contributed by atoms with van der Waals surface area (Å²) in [5, 5.41) is 2.90. The van der Waals surface area contributed by atoms with Crippen molar-refractivity contribution in [2.24, 2.45) is 0 Å². The highest BCUT2D eigenvalue weighted by Gasteiger charge is 2.03. The van der Waals surface area contributed by atoms with Gasteiger partial charge in [0.25, 0.3) is 0 Å². The van der Waals surface area contributed by atoms with Gasteiger partial charge in [-0.05, 0) is 51.3 Å². The second-order valence-electron chi connectivity index (χ2n) is 5.89. The summed E-state index contributed by atoms with van der Waals surface area (Å²) in [6.07, 6.45) is 1.03. The van der Waals surface area contributed by atoms with Crippen molar-refractivity contribution >= 4 is 5.91 Å². The molecule has 1 rings (SSSR count). The third-order valence-electron chi connectivity index (χ3n) is 3.65. The molecule has 0 saturated heterocycles. The SMILES string of the molecule is CCN(CC)CCCOc1ccc(CNC(=O)CN(C)C)cc1. The van der Waals surface area contributed by atoms with E-state index in [9.17, 15) is 4.79 Å². The molecule has 0 fully saturated rings. The van der Waals surface area contributed by atoms with E-state index >= 15 is 0 Å². The predicted octanol–water partition coefficient (Wildman–Crippen LogP) is 1.98. The second kappa shape index (κ2) is 11.0. The summed E-state index contributed by atoms with van der Waals surface area (Å²) in [6, 6.07) is 7.92. The van der Waals surface area contributed by atoms with Crippen molar-refractivity contribution in [3.8, 4) is 5.75 Å². The molecule has 1 aromatic rings. The van der Waals surface area contributed by atoms with Gasteiger partial charge in [0.1, 0.15) is 5.75 Å². The number of carbonyl (C=O) groups excluding carboxylic acids is 1. The van der Waals surface area contributed by atoms with Crippen LogP contribution in [-0.4, -0.2) is 62.6 Å². The fourth-order valence-electron chi connectivity index (χ4n) is 2.27. The molecule has 0 spiro atoms. The van der Waals surface area contributed by atoms with Crippen molar-refractivity contribution in [3.63, 3.8) is 0 Å². The van der Waals surface area contributed by atoms with Gasteiger partial charge < -0.3 is 19.9 Å². The minimum Gasteiger partial charge on any atom is -0.494 e. The lowest BCUT2D eigenvalue weighted by molar-refractivity contribution is -0.121. The number of benzene rings is 1. The Morgan fingerprint density at radius 3 is 2.35 bits per heavy atom. The Kier molecular flexibility index (Phi) is 9.33. The Balaban J connectivity index is 2.26. The lowest BCUT2D eigenvalue weighted by atomic mass is 10.2. The number of rotatable bonds is 11. The fourth-order valence-corrected chi connectivity index (χ4v) is 2.27. The van der Waals surface area contributed by atoms with Crippen LogP contribution in [0.2, 0.25) is 0 Å². The monoisotopic (exact) mass is 321 g/mol. The summed E-state index contributed by atoms with van der Waals surface area (Å²) in [5.74, 6) is 0.916. The van der Waals surface area contributed by atoms with E-state index in [4.69, 9.17) is 4.74 Å². The Morgan fingerprint density at radius 1 is 1.13 bits per heavy atom. The predicted molar refractivity (Wildman–Crippen MR) is 94.7 cm³/mol. The molecule has 0 saturated carbocycles. The highest BCUT2D eigenvalue weighted by atomic mass is 16.5. The molecule has 0 bridgehead atoms. The van der Waals surface area contributed by atoms with Crippen LogP contribution < -0.4 is 10.1 Å². The average molecular weight is 321 g/mol. The zero-order chi connectivity index (χ0) is 17.1. The summed E-state index contributed by atoms with van der Waals surface area (Å²) in [5.41, 5.74) is 1.08. The van der Waals surface area contributed by atoms with Gasteiger partial charge >= 0.3 is 0 Å². The van der Waals surface area contributed by atoms with E-state index < -0.39 is 0 Å². The van der Waals surface area contributed by atoms with Gasteiger partial charge in [0, 0.05) is 13.1 Å². The maximum atomic E-state index is 11.6. The molecule has 0 unspecified atom stereocenters. The van der Waals surface area contributed by atoms with Crippen LogP contribution in [0.25, 0.3) is 0 Å². The van der Waals surface area contributed by atoms with Crippen LogP contribution in [0.15, 0.2) is 24.3 Å². The van der Waals surface area contributed by atoms with Crippen molar-refractivity contribution in [2.75, 3.05) is 46.9 Å². The van der Waals surface area contributed by atoms with Crippen molar-refractivity contribution in [1.29, 1.82) is 0 Å². The largest absolute Gasteiger partial charge is 0.494 e. The quantitative estimate of drug-likeness (QED) is 0.633. The molecule has 1 N–H and O–H groups in total. The zero-order valence-corrected chi connectivity index (χ0v) is 15.0.